The fourth-order valence-electron chi connectivity index (χ4n) is 2.54. The van der Waals surface area contributed by atoms with E-state index >= 15 is 0 Å². The molecule has 0 unspecified atom stereocenters. The molecule has 1 fully saturated rings. The molecule has 0 aliphatic carbocycles. The largest absolute Gasteiger partial charge is 0.354 e. The second-order valence-electron chi connectivity index (χ2n) is 5.47. The second-order valence-corrected chi connectivity index (χ2v) is 8.51. The van der Waals surface area contributed by atoms with Gasteiger partial charge in [-0.2, -0.15) is 0 Å². The van der Waals surface area contributed by atoms with Crippen molar-refractivity contribution in [1.29, 1.82) is 0 Å². The summed E-state index contributed by atoms with van der Waals surface area (Å²) in [5, 5.41) is 2.11. The summed E-state index contributed by atoms with van der Waals surface area (Å²) in [5.74, 6) is 0.850. The van der Waals surface area contributed by atoms with Gasteiger partial charge < -0.3 is 4.90 Å². The summed E-state index contributed by atoms with van der Waals surface area (Å²) in [5.41, 5.74) is 0. The Bertz CT molecular complexity index is 704. The SMILES string of the molecule is CS(=O)(=O)c1ccc(N2CCN(Cc3cccs3)CC2)nc1. The van der Waals surface area contributed by atoms with Gasteiger partial charge in [-0.1, -0.05) is 6.07 Å². The van der Waals surface area contributed by atoms with Gasteiger partial charge in [0.25, 0.3) is 0 Å². The molecule has 2 aromatic heterocycles. The van der Waals surface area contributed by atoms with Gasteiger partial charge in [-0.25, -0.2) is 13.4 Å². The molecule has 5 nitrogen and oxygen atoms in total. The van der Waals surface area contributed by atoms with Crippen LogP contribution < -0.4 is 4.90 Å². The molecule has 22 heavy (non-hydrogen) atoms. The van der Waals surface area contributed by atoms with E-state index in [0.717, 1.165) is 38.5 Å². The maximum absolute atomic E-state index is 11.5. The highest BCUT2D eigenvalue weighted by Gasteiger charge is 2.18. The number of piperazine rings is 1. The molecule has 0 radical (unpaired) electrons. The van der Waals surface area contributed by atoms with Gasteiger partial charge in [0.05, 0.1) is 4.90 Å². The zero-order valence-corrected chi connectivity index (χ0v) is 14.1. The third kappa shape index (κ3) is 3.66. The first kappa shape index (κ1) is 15.5. The van der Waals surface area contributed by atoms with E-state index in [1.165, 1.54) is 17.3 Å². The van der Waals surface area contributed by atoms with Crippen molar-refractivity contribution in [2.75, 3.05) is 37.3 Å². The Morgan fingerprint density at radius 3 is 2.50 bits per heavy atom. The Kier molecular flexibility index (Phi) is 4.46. The molecule has 0 aromatic carbocycles. The highest BCUT2D eigenvalue weighted by atomic mass is 32.2. The number of sulfone groups is 1. The Morgan fingerprint density at radius 2 is 1.95 bits per heavy atom. The zero-order chi connectivity index (χ0) is 15.6. The first-order valence-corrected chi connectivity index (χ1v) is 9.95. The monoisotopic (exact) mass is 337 g/mol. The van der Waals surface area contributed by atoms with E-state index in [2.05, 4.69) is 32.3 Å². The lowest BCUT2D eigenvalue weighted by Crippen LogP contribution is -2.46. The van der Waals surface area contributed by atoms with Crippen LogP contribution in [0.3, 0.4) is 0 Å². The minimum absolute atomic E-state index is 0.271. The molecule has 3 rings (SSSR count). The lowest BCUT2D eigenvalue weighted by atomic mass is 10.3. The molecule has 1 saturated heterocycles. The van der Waals surface area contributed by atoms with Crippen LogP contribution in [0.1, 0.15) is 4.88 Å². The zero-order valence-electron chi connectivity index (χ0n) is 12.5. The lowest BCUT2D eigenvalue weighted by Gasteiger charge is -2.35. The van der Waals surface area contributed by atoms with Crippen LogP contribution in [0.5, 0.6) is 0 Å². The molecule has 7 heteroatoms. The summed E-state index contributed by atoms with van der Waals surface area (Å²) in [4.78, 5) is 10.6. The molecule has 0 spiro atoms. The number of hydrogen-bond acceptors (Lipinski definition) is 6. The van der Waals surface area contributed by atoms with Crippen LogP contribution in [0.4, 0.5) is 5.82 Å². The van der Waals surface area contributed by atoms with Gasteiger partial charge in [-0.05, 0) is 23.6 Å². The number of thiophene rings is 1. The molecule has 3 heterocycles. The summed E-state index contributed by atoms with van der Waals surface area (Å²) >= 11 is 1.79. The summed E-state index contributed by atoms with van der Waals surface area (Å²) < 4.78 is 22.9. The Hall–Kier alpha value is -1.44. The standard InChI is InChI=1S/C15H19N3O2S2/c1-22(19,20)14-4-5-15(16-11-14)18-8-6-17(7-9-18)12-13-3-2-10-21-13/h2-5,10-11H,6-9,12H2,1H3. The molecule has 1 aliphatic heterocycles. The summed E-state index contributed by atoms with van der Waals surface area (Å²) in [6.45, 7) is 4.82. The van der Waals surface area contributed by atoms with Gasteiger partial charge in [0, 0.05) is 50.1 Å². The Balaban J connectivity index is 1.59. The van der Waals surface area contributed by atoms with Gasteiger partial charge in [-0.3, -0.25) is 4.90 Å². The molecule has 0 N–H and O–H groups in total. The molecule has 0 atom stereocenters. The number of hydrogen-bond donors (Lipinski definition) is 0. The molecule has 0 amide bonds. The predicted molar refractivity (Wildman–Crippen MR) is 89.2 cm³/mol. The fraction of sp³-hybridized carbons (Fsp3) is 0.400. The van der Waals surface area contributed by atoms with Crippen molar-refractivity contribution in [2.24, 2.45) is 0 Å². The smallest absolute Gasteiger partial charge is 0.177 e. The van der Waals surface area contributed by atoms with Crippen LogP contribution in [-0.4, -0.2) is 50.7 Å². The highest BCUT2D eigenvalue weighted by molar-refractivity contribution is 7.90. The maximum Gasteiger partial charge on any atom is 0.177 e. The number of nitrogens with zero attached hydrogens (tertiary/aromatic N) is 3. The van der Waals surface area contributed by atoms with Crippen molar-refractivity contribution in [3.63, 3.8) is 0 Å². The average molecular weight is 337 g/mol. The Labute approximate surface area is 135 Å². The van der Waals surface area contributed by atoms with Gasteiger partial charge in [0.2, 0.25) is 0 Å². The van der Waals surface area contributed by atoms with Gasteiger partial charge in [0.1, 0.15) is 5.82 Å². The molecule has 0 saturated carbocycles. The van der Waals surface area contributed by atoms with Crippen LogP contribution >= 0.6 is 11.3 Å². The van der Waals surface area contributed by atoms with Gasteiger partial charge in [0.15, 0.2) is 9.84 Å². The summed E-state index contributed by atoms with van der Waals surface area (Å²) in [6.07, 6.45) is 2.65. The Morgan fingerprint density at radius 1 is 1.18 bits per heavy atom. The average Bonchev–Trinajstić information content (AvgIpc) is 3.00. The minimum atomic E-state index is -3.18. The van der Waals surface area contributed by atoms with E-state index in [1.54, 1.807) is 23.5 Å². The number of pyridine rings is 1. The first-order chi connectivity index (χ1) is 10.5. The van der Waals surface area contributed by atoms with E-state index in [-0.39, 0.29) is 4.90 Å². The predicted octanol–water partition coefficient (Wildman–Crippen LogP) is 1.87. The van der Waals surface area contributed by atoms with Crippen molar-refractivity contribution in [1.82, 2.24) is 9.88 Å². The highest BCUT2D eigenvalue weighted by Crippen LogP contribution is 2.18. The van der Waals surface area contributed by atoms with E-state index in [1.807, 2.05) is 0 Å². The second kappa shape index (κ2) is 6.36. The van der Waals surface area contributed by atoms with Crippen molar-refractivity contribution < 1.29 is 8.42 Å². The summed E-state index contributed by atoms with van der Waals surface area (Å²) in [7, 11) is -3.18. The third-order valence-electron chi connectivity index (χ3n) is 3.80. The van der Waals surface area contributed by atoms with E-state index in [4.69, 9.17) is 0 Å². The molecular formula is C15H19N3O2S2. The molecular weight excluding hydrogens is 318 g/mol. The van der Waals surface area contributed by atoms with Crippen LogP contribution in [0.2, 0.25) is 0 Å². The van der Waals surface area contributed by atoms with Gasteiger partial charge >= 0.3 is 0 Å². The summed E-state index contributed by atoms with van der Waals surface area (Å²) in [6, 6.07) is 7.69. The van der Waals surface area contributed by atoms with E-state index in [0.29, 0.717) is 0 Å². The molecule has 118 valence electrons. The fourth-order valence-corrected chi connectivity index (χ4v) is 3.84. The van der Waals surface area contributed by atoms with Crippen LogP contribution in [0, 0.1) is 0 Å². The number of aromatic nitrogens is 1. The lowest BCUT2D eigenvalue weighted by molar-refractivity contribution is 0.251. The molecule has 0 bridgehead atoms. The van der Waals surface area contributed by atoms with Crippen molar-refractivity contribution in [3.05, 3.63) is 40.7 Å². The van der Waals surface area contributed by atoms with Crippen LogP contribution in [-0.2, 0) is 16.4 Å². The van der Waals surface area contributed by atoms with Crippen LogP contribution in [0.15, 0.2) is 40.7 Å². The maximum atomic E-state index is 11.5. The molecule has 2 aromatic rings. The third-order valence-corrected chi connectivity index (χ3v) is 5.76. The minimum Gasteiger partial charge on any atom is -0.354 e. The number of rotatable bonds is 4. The number of anilines is 1. The molecule has 1 aliphatic rings. The topological polar surface area (TPSA) is 53.5 Å². The van der Waals surface area contributed by atoms with Gasteiger partial charge in [-0.15, -0.1) is 11.3 Å². The van der Waals surface area contributed by atoms with Crippen molar-refractivity contribution >= 4 is 27.0 Å². The van der Waals surface area contributed by atoms with E-state index in [9.17, 15) is 8.42 Å². The quantitative estimate of drug-likeness (QED) is 0.852. The first-order valence-electron chi connectivity index (χ1n) is 7.18. The van der Waals surface area contributed by atoms with E-state index < -0.39 is 9.84 Å². The van der Waals surface area contributed by atoms with Crippen molar-refractivity contribution in [2.45, 2.75) is 11.4 Å². The van der Waals surface area contributed by atoms with Crippen LogP contribution in [0.25, 0.3) is 0 Å². The van der Waals surface area contributed by atoms with Crippen molar-refractivity contribution in [3.8, 4) is 0 Å². The normalized spacial score (nSPS) is 16.9.